The van der Waals surface area contributed by atoms with Crippen LogP contribution in [0, 0.1) is 5.41 Å². The molecule has 9 heteroatoms. The van der Waals surface area contributed by atoms with Crippen LogP contribution in [0.4, 0.5) is 0 Å². The first-order chi connectivity index (χ1) is 18.0. The second-order valence-electron chi connectivity index (χ2n) is 9.80. The number of hydrogen-bond donors (Lipinski definition) is 3. The molecule has 3 aromatic rings. The molecular weight excluding hydrogens is 492 g/mol. The number of aromatic nitrogens is 2. The third kappa shape index (κ3) is 6.57. The number of halogens is 1. The third-order valence-electron chi connectivity index (χ3n) is 7.58. The number of amides is 1. The highest BCUT2D eigenvalue weighted by Crippen LogP contribution is 2.41. The van der Waals surface area contributed by atoms with Crippen LogP contribution in [0.5, 0.6) is 5.75 Å². The fourth-order valence-corrected chi connectivity index (χ4v) is 5.57. The first-order valence-corrected chi connectivity index (χ1v) is 13.2. The number of aliphatic hydroxyl groups excluding tert-OH is 1. The van der Waals surface area contributed by atoms with E-state index >= 15 is 0 Å². The fraction of sp³-hybridized carbons (Fsp3) is 0.464. The molecule has 0 aliphatic carbocycles. The van der Waals surface area contributed by atoms with E-state index < -0.39 is 11.5 Å². The van der Waals surface area contributed by atoms with Crippen molar-refractivity contribution in [3.05, 3.63) is 65.1 Å². The zero-order valence-corrected chi connectivity index (χ0v) is 22.0. The van der Waals surface area contributed by atoms with E-state index in [1.807, 2.05) is 42.0 Å². The van der Waals surface area contributed by atoms with Crippen LogP contribution in [0.1, 0.15) is 55.9 Å². The van der Waals surface area contributed by atoms with Crippen molar-refractivity contribution in [2.24, 2.45) is 5.41 Å². The van der Waals surface area contributed by atoms with E-state index in [4.69, 9.17) is 16.3 Å². The standard InChI is InChI=1S/C28H35ClN4O4/c1-37-21-8-9-24-22(18-21)26(23(29)19-31-24)25(34)10-11-28(27(35)32-36)12-16-33(17-13-28)15-5-3-7-20-6-2-4-14-30-20/h2,4,6,8-9,14,18-19,25,34,36H,3,5,7,10-13,15-17H2,1H3,(H,32,35). The van der Waals surface area contributed by atoms with Crippen LogP contribution in [0.3, 0.4) is 0 Å². The molecule has 2 aromatic heterocycles. The zero-order chi connectivity index (χ0) is 26.3. The van der Waals surface area contributed by atoms with Crippen molar-refractivity contribution in [2.45, 2.75) is 51.0 Å². The number of rotatable bonds is 11. The smallest absolute Gasteiger partial charge is 0.249 e. The number of piperidine rings is 1. The largest absolute Gasteiger partial charge is 0.497 e. The zero-order valence-electron chi connectivity index (χ0n) is 21.2. The van der Waals surface area contributed by atoms with Gasteiger partial charge in [0.15, 0.2) is 0 Å². The monoisotopic (exact) mass is 526 g/mol. The van der Waals surface area contributed by atoms with Crippen molar-refractivity contribution in [2.75, 3.05) is 26.7 Å². The molecule has 1 aliphatic rings. The fourth-order valence-electron chi connectivity index (χ4n) is 5.29. The van der Waals surface area contributed by atoms with Gasteiger partial charge in [0.1, 0.15) is 5.75 Å². The van der Waals surface area contributed by atoms with Crippen LogP contribution in [-0.2, 0) is 11.2 Å². The van der Waals surface area contributed by atoms with Crippen molar-refractivity contribution in [3.63, 3.8) is 0 Å². The van der Waals surface area contributed by atoms with Gasteiger partial charge in [-0.3, -0.25) is 20.0 Å². The highest BCUT2D eigenvalue weighted by Gasteiger charge is 2.41. The van der Waals surface area contributed by atoms with Gasteiger partial charge in [-0.1, -0.05) is 17.7 Å². The summed E-state index contributed by atoms with van der Waals surface area (Å²) in [5, 5.41) is 21.8. The van der Waals surface area contributed by atoms with Gasteiger partial charge in [0.25, 0.3) is 0 Å². The van der Waals surface area contributed by atoms with E-state index in [0.29, 0.717) is 47.5 Å². The Kier molecular flexibility index (Phi) is 9.32. The van der Waals surface area contributed by atoms with Gasteiger partial charge >= 0.3 is 0 Å². The van der Waals surface area contributed by atoms with E-state index in [0.717, 1.165) is 50.0 Å². The number of carbonyl (C=O) groups is 1. The van der Waals surface area contributed by atoms with Gasteiger partial charge in [-0.15, -0.1) is 0 Å². The Balaban J connectivity index is 1.36. The number of carbonyl (C=O) groups excluding carboxylic acids is 1. The minimum Gasteiger partial charge on any atom is -0.497 e. The number of unbranched alkanes of at least 4 members (excludes halogenated alkanes) is 1. The normalized spacial score (nSPS) is 16.4. The number of nitrogens with one attached hydrogen (secondary N) is 1. The number of hydrogen-bond acceptors (Lipinski definition) is 7. The number of nitrogens with zero attached hydrogens (tertiary/aromatic N) is 3. The maximum absolute atomic E-state index is 12.8. The molecule has 198 valence electrons. The van der Waals surface area contributed by atoms with Gasteiger partial charge in [-0.2, -0.15) is 0 Å². The van der Waals surface area contributed by atoms with Crippen molar-refractivity contribution in [1.82, 2.24) is 20.3 Å². The van der Waals surface area contributed by atoms with Crippen LogP contribution in [0.15, 0.2) is 48.8 Å². The number of methoxy groups -OCH3 is 1. The number of benzene rings is 1. The van der Waals surface area contributed by atoms with E-state index in [2.05, 4.69) is 20.9 Å². The Morgan fingerprint density at radius 3 is 2.73 bits per heavy atom. The van der Waals surface area contributed by atoms with Crippen molar-refractivity contribution < 1.29 is 19.8 Å². The van der Waals surface area contributed by atoms with E-state index in [-0.39, 0.29) is 5.91 Å². The van der Waals surface area contributed by atoms with Gasteiger partial charge in [0.05, 0.1) is 29.2 Å². The molecule has 1 aliphatic heterocycles. The number of hydroxylamine groups is 1. The summed E-state index contributed by atoms with van der Waals surface area (Å²) in [6, 6.07) is 11.4. The lowest BCUT2D eigenvalue weighted by Crippen LogP contribution is -2.48. The summed E-state index contributed by atoms with van der Waals surface area (Å²) in [6.07, 6.45) is 7.54. The minimum atomic E-state index is -0.891. The predicted molar refractivity (Wildman–Crippen MR) is 143 cm³/mol. The Labute approximate surface area is 222 Å². The highest BCUT2D eigenvalue weighted by molar-refractivity contribution is 6.32. The lowest BCUT2D eigenvalue weighted by atomic mass is 9.73. The maximum atomic E-state index is 12.8. The molecule has 1 amide bonds. The molecule has 37 heavy (non-hydrogen) atoms. The number of likely N-dealkylation sites (tertiary alicyclic amines) is 1. The topological polar surface area (TPSA) is 108 Å². The molecule has 3 N–H and O–H groups in total. The van der Waals surface area contributed by atoms with E-state index in [1.54, 1.807) is 7.11 Å². The second kappa shape index (κ2) is 12.6. The molecule has 0 bridgehead atoms. The molecule has 0 radical (unpaired) electrons. The third-order valence-corrected chi connectivity index (χ3v) is 7.88. The van der Waals surface area contributed by atoms with Gasteiger partial charge < -0.3 is 14.7 Å². The average molecular weight is 527 g/mol. The van der Waals surface area contributed by atoms with Crippen LogP contribution in [0.25, 0.3) is 10.9 Å². The number of ether oxygens (including phenoxy) is 1. The van der Waals surface area contributed by atoms with E-state index in [9.17, 15) is 15.1 Å². The maximum Gasteiger partial charge on any atom is 0.249 e. The molecule has 1 aromatic carbocycles. The molecule has 1 fully saturated rings. The Morgan fingerprint density at radius 2 is 2.03 bits per heavy atom. The van der Waals surface area contributed by atoms with Crippen molar-refractivity contribution in [3.8, 4) is 5.75 Å². The Morgan fingerprint density at radius 1 is 1.22 bits per heavy atom. The summed E-state index contributed by atoms with van der Waals surface area (Å²) in [5.41, 5.74) is 3.53. The summed E-state index contributed by atoms with van der Waals surface area (Å²) in [5.74, 6) is 0.260. The molecular formula is C28H35ClN4O4. The lowest BCUT2D eigenvalue weighted by Gasteiger charge is -2.40. The summed E-state index contributed by atoms with van der Waals surface area (Å²) in [4.78, 5) is 23.9. The van der Waals surface area contributed by atoms with Crippen LogP contribution < -0.4 is 10.2 Å². The summed E-state index contributed by atoms with van der Waals surface area (Å²) in [7, 11) is 1.58. The average Bonchev–Trinajstić information content (AvgIpc) is 2.94. The SMILES string of the molecule is COc1ccc2ncc(Cl)c(C(O)CCC3(C(=O)NO)CCN(CCCCc4ccccn4)CC3)c2c1. The molecule has 0 spiro atoms. The van der Waals surface area contributed by atoms with Crippen molar-refractivity contribution in [1.29, 1.82) is 0 Å². The minimum absolute atomic E-state index is 0.327. The molecule has 8 nitrogen and oxygen atoms in total. The number of aliphatic hydroxyl groups is 1. The number of aryl methyl sites for hydroxylation is 1. The lowest BCUT2D eigenvalue weighted by molar-refractivity contribution is -0.143. The van der Waals surface area contributed by atoms with Crippen LogP contribution in [0.2, 0.25) is 5.02 Å². The predicted octanol–water partition coefficient (Wildman–Crippen LogP) is 4.72. The Bertz CT molecular complexity index is 1190. The van der Waals surface area contributed by atoms with Crippen molar-refractivity contribution >= 4 is 28.4 Å². The summed E-state index contributed by atoms with van der Waals surface area (Å²) in [6.45, 7) is 2.50. The number of pyridine rings is 2. The first kappa shape index (κ1) is 27.3. The summed E-state index contributed by atoms with van der Waals surface area (Å²) < 4.78 is 5.34. The molecule has 1 atom stereocenters. The molecule has 3 heterocycles. The van der Waals surface area contributed by atoms with Crippen LogP contribution in [-0.4, -0.2) is 57.8 Å². The van der Waals surface area contributed by atoms with Gasteiger partial charge in [-0.25, -0.2) is 5.48 Å². The number of fused-ring (bicyclic) bond motifs is 1. The quantitative estimate of drug-likeness (QED) is 0.188. The van der Waals surface area contributed by atoms with Gasteiger partial charge in [0, 0.05) is 29.0 Å². The highest BCUT2D eigenvalue weighted by atomic mass is 35.5. The molecule has 0 saturated carbocycles. The Hall–Kier alpha value is -2.78. The second-order valence-corrected chi connectivity index (χ2v) is 10.2. The van der Waals surface area contributed by atoms with E-state index in [1.165, 1.54) is 6.20 Å². The molecule has 1 saturated heterocycles. The van der Waals surface area contributed by atoms with Gasteiger partial charge in [-0.05, 0) is 94.9 Å². The first-order valence-electron chi connectivity index (χ1n) is 12.8. The molecule has 4 rings (SSSR count). The summed E-state index contributed by atoms with van der Waals surface area (Å²) >= 11 is 6.47. The molecule has 1 unspecified atom stereocenters. The van der Waals surface area contributed by atoms with Gasteiger partial charge in [0.2, 0.25) is 5.91 Å². The van der Waals surface area contributed by atoms with Crippen LogP contribution >= 0.6 is 11.6 Å².